The normalized spacial score (nSPS) is 21.1. The Balaban J connectivity index is 1.44. The van der Waals surface area contributed by atoms with Crippen molar-refractivity contribution in [2.75, 3.05) is 45.8 Å². The second-order valence-electron chi connectivity index (χ2n) is 7.91. The molecule has 2 aliphatic rings. The zero-order valence-corrected chi connectivity index (χ0v) is 16.8. The molecule has 27 heavy (non-hydrogen) atoms. The van der Waals surface area contributed by atoms with E-state index in [2.05, 4.69) is 18.7 Å². The lowest BCUT2D eigenvalue weighted by Gasteiger charge is -2.37. The molecule has 0 spiro atoms. The van der Waals surface area contributed by atoms with Crippen LogP contribution >= 0.6 is 0 Å². The number of carbonyl (C=O) groups excluding carboxylic acids is 2. The Hall–Kier alpha value is -1.88. The van der Waals surface area contributed by atoms with Crippen molar-refractivity contribution in [2.45, 2.75) is 33.1 Å². The minimum atomic E-state index is 0.152. The van der Waals surface area contributed by atoms with E-state index >= 15 is 0 Å². The fourth-order valence-electron chi connectivity index (χ4n) is 4.34. The second kappa shape index (κ2) is 9.36. The first kappa shape index (κ1) is 19.9. The third-order valence-electron chi connectivity index (χ3n) is 6.13. The molecule has 5 heteroatoms. The Kier molecular flexibility index (Phi) is 6.89. The summed E-state index contributed by atoms with van der Waals surface area (Å²) in [6, 6.07) is 9.57. The zero-order valence-electron chi connectivity index (χ0n) is 16.8. The molecule has 0 saturated carbocycles. The average molecular weight is 372 g/mol. The Morgan fingerprint density at radius 2 is 1.63 bits per heavy atom. The lowest BCUT2D eigenvalue weighted by atomic mass is 10.0. The minimum absolute atomic E-state index is 0.152. The van der Waals surface area contributed by atoms with Crippen LogP contribution in [0.25, 0.3) is 0 Å². The van der Waals surface area contributed by atoms with Gasteiger partial charge in [0.25, 0.3) is 5.91 Å². The Morgan fingerprint density at radius 3 is 2.26 bits per heavy atom. The van der Waals surface area contributed by atoms with Crippen LogP contribution in [0.2, 0.25) is 0 Å². The van der Waals surface area contributed by atoms with E-state index in [4.69, 9.17) is 0 Å². The Labute approximate surface area is 163 Å². The smallest absolute Gasteiger partial charge is 0.253 e. The molecule has 1 unspecified atom stereocenters. The predicted octanol–water partition coefficient (Wildman–Crippen LogP) is 2.73. The van der Waals surface area contributed by atoms with Gasteiger partial charge < -0.3 is 9.80 Å². The fraction of sp³-hybridized carbons (Fsp3) is 0.636. The van der Waals surface area contributed by atoms with Crippen LogP contribution < -0.4 is 0 Å². The number of nitrogens with zero attached hydrogens (tertiary/aromatic N) is 3. The van der Waals surface area contributed by atoms with Crippen molar-refractivity contribution in [3.8, 4) is 0 Å². The van der Waals surface area contributed by atoms with E-state index in [1.54, 1.807) is 0 Å². The molecule has 1 atom stereocenters. The van der Waals surface area contributed by atoms with Gasteiger partial charge in [-0.2, -0.15) is 0 Å². The van der Waals surface area contributed by atoms with E-state index in [0.29, 0.717) is 11.8 Å². The van der Waals surface area contributed by atoms with E-state index in [1.165, 1.54) is 0 Å². The summed E-state index contributed by atoms with van der Waals surface area (Å²) in [6.45, 7) is 10.5. The molecule has 0 N–H and O–H groups in total. The van der Waals surface area contributed by atoms with Gasteiger partial charge in [0.05, 0.1) is 0 Å². The van der Waals surface area contributed by atoms with Crippen LogP contribution in [0.5, 0.6) is 0 Å². The molecule has 2 heterocycles. The molecule has 0 aromatic heterocycles. The first-order chi connectivity index (χ1) is 13.1. The van der Waals surface area contributed by atoms with E-state index in [9.17, 15) is 9.59 Å². The van der Waals surface area contributed by atoms with Crippen molar-refractivity contribution in [3.05, 3.63) is 35.9 Å². The number of rotatable bonds is 6. The SMILES string of the molecule is CCC(CC)C(=O)N1CCN(CC2CCN(C(=O)c3ccccc3)C2)CC1. The van der Waals surface area contributed by atoms with E-state index < -0.39 is 0 Å². The van der Waals surface area contributed by atoms with Crippen molar-refractivity contribution >= 4 is 11.8 Å². The number of piperazine rings is 1. The predicted molar refractivity (Wildman–Crippen MR) is 108 cm³/mol. The van der Waals surface area contributed by atoms with Gasteiger partial charge in [0.1, 0.15) is 0 Å². The molecule has 2 amide bonds. The van der Waals surface area contributed by atoms with E-state index in [0.717, 1.165) is 70.6 Å². The first-order valence-corrected chi connectivity index (χ1v) is 10.5. The molecule has 5 nitrogen and oxygen atoms in total. The highest BCUT2D eigenvalue weighted by Gasteiger charge is 2.30. The first-order valence-electron chi connectivity index (χ1n) is 10.5. The van der Waals surface area contributed by atoms with Gasteiger partial charge in [-0.1, -0.05) is 32.0 Å². The largest absolute Gasteiger partial charge is 0.340 e. The van der Waals surface area contributed by atoms with Crippen molar-refractivity contribution in [1.29, 1.82) is 0 Å². The average Bonchev–Trinajstić information content (AvgIpc) is 3.18. The topological polar surface area (TPSA) is 43.9 Å². The van der Waals surface area contributed by atoms with Crippen molar-refractivity contribution in [3.63, 3.8) is 0 Å². The van der Waals surface area contributed by atoms with Gasteiger partial charge in [0, 0.05) is 57.3 Å². The standard InChI is InChI=1S/C22H33N3O2/c1-3-19(4-2)21(26)24-14-12-23(13-15-24)16-18-10-11-25(17-18)22(27)20-8-6-5-7-9-20/h5-9,18-19H,3-4,10-17H2,1-2H3. The highest BCUT2D eigenvalue weighted by molar-refractivity contribution is 5.94. The Morgan fingerprint density at radius 1 is 0.963 bits per heavy atom. The van der Waals surface area contributed by atoms with Crippen LogP contribution in [0, 0.1) is 11.8 Å². The second-order valence-corrected chi connectivity index (χ2v) is 7.91. The van der Waals surface area contributed by atoms with E-state index in [1.807, 2.05) is 40.1 Å². The van der Waals surface area contributed by atoms with Crippen molar-refractivity contribution < 1.29 is 9.59 Å². The molecular weight excluding hydrogens is 338 g/mol. The Bertz CT molecular complexity index is 622. The van der Waals surface area contributed by atoms with Crippen molar-refractivity contribution in [2.24, 2.45) is 11.8 Å². The summed E-state index contributed by atoms with van der Waals surface area (Å²) in [5.74, 6) is 1.21. The summed E-state index contributed by atoms with van der Waals surface area (Å²) >= 11 is 0. The maximum atomic E-state index is 12.6. The summed E-state index contributed by atoms with van der Waals surface area (Å²) in [4.78, 5) is 31.6. The van der Waals surface area contributed by atoms with Gasteiger partial charge in [0.2, 0.25) is 5.91 Å². The summed E-state index contributed by atoms with van der Waals surface area (Å²) in [5, 5.41) is 0. The molecule has 2 saturated heterocycles. The third-order valence-corrected chi connectivity index (χ3v) is 6.13. The fourth-order valence-corrected chi connectivity index (χ4v) is 4.34. The summed E-state index contributed by atoms with van der Waals surface area (Å²) in [5.41, 5.74) is 0.784. The number of hydrogen-bond donors (Lipinski definition) is 0. The zero-order chi connectivity index (χ0) is 19.2. The summed E-state index contributed by atoms with van der Waals surface area (Å²) in [7, 11) is 0. The number of carbonyl (C=O) groups is 2. The molecule has 148 valence electrons. The quantitative estimate of drug-likeness (QED) is 0.772. The summed E-state index contributed by atoms with van der Waals surface area (Å²) < 4.78 is 0. The highest BCUT2D eigenvalue weighted by atomic mass is 16.2. The van der Waals surface area contributed by atoms with Crippen LogP contribution in [0.4, 0.5) is 0 Å². The van der Waals surface area contributed by atoms with Gasteiger partial charge in [-0.3, -0.25) is 14.5 Å². The molecule has 2 fully saturated rings. The maximum absolute atomic E-state index is 12.6. The lowest BCUT2D eigenvalue weighted by Crippen LogP contribution is -2.51. The van der Waals surface area contributed by atoms with Crippen molar-refractivity contribution in [1.82, 2.24) is 14.7 Å². The van der Waals surface area contributed by atoms with E-state index in [-0.39, 0.29) is 11.8 Å². The van der Waals surface area contributed by atoms with Crippen LogP contribution in [-0.4, -0.2) is 72.3 Å². The highest BCUT2D eigenvalue weighted by Crippen LogP contribution is 2.21. The van der Waals surface area contributed by atoms with Gasteiger partial charge in [-0.25, -0.2) is 0 Å². The minimum Gasteiger partial charge on any atom is -0.340 e. The molecule has 0 aliphatic carbocycles. The monoisotopic (exact) mass is 371 g/mol. The van der Waals surface area contributed by atoms with Crippen LogP contribution in [0.15, 0.2) is 30.3 Å². The lowest BCUT2D eigenvalue weighted by molar-refractivity contribution is -0.137. The van der Waals surface area contributed by atoms with Gasteiger partial charge in [-0.05, 0) is 37.3 Å². The van der Waals surface area contributed by atoms with Crippen LogP contribution in [0.3, 0.4) is 0 Å². The molecular formula is C22H33N3O2. The molecule has 2 aliphatic heterocycles. The maximum Gasteiger partial charge on any atom is 0.253 e. The van der Waals surface area contributed by atoms with Gasteiger partial charge in [0.15, 0.2) is 0 Å². The van der Waals surface area contributed by atoms with Crippen LogP contribution in [0.1, 0.15) is 43.5 Å². The molecule has 0 bridgehead atoms. The number of benzene rings is 1. The molecule has 1 aromatic carbocycles. The third kappa shape index (κ3) is 4.89. The summed E-state index contributed by atoms with van der Waals surface area (Å²) in [6.07, 6.45) is 2.94. The molecule has 3 rings (SSSR count). The molecule has 0 radical (unpaired) electrons. The number of amides is 2. The van der Waals surface area contributed by atoms with Gasteiger partial charge >= 0.3 is 0 Å². The molecule has 1 aromatic rings. The number of likely N-dealkylation sites (tertiary alicyclic amines) is 1. The number of hydrogen-bond acceptors (Lipinski definition) is 3. The van der Waals surface area contributed by atoms with Gasteiger partial charge in [-0.15, -0.1) is 0 Å². The van der Waals surface area contributed by atoms with Crippen LogP contribution in [-0.2, 0) is 4.79 Å².